The molecule has 1 fully saturated rings. The summed E-state index contributed by atoms with van der Waals surface area (Å²) in [5, 5.41) is 20.0. The lowest BCUT2D eigenvalue weighted by Gasteiger charge is -2.22. The Morgan fingerprint density at radius 1 is 1.15 bits per heavy atom. The first-order valence-electron chi connectivity index (χ1n) is 12.8. The van der Waals surface area contributed by atoms with Crippen LogP contribution in [0.3, 0.4) is 0 Å². The van der Waals surface area contributed by atoms with Crippen LogP contribution in [0.15, 0.2) is 78.9 Å². The number of hydrogen-bond acceptors (Lipinski definition) is 8. The molecule has 0 bridgehead atoms. The maximum absolute atomic E-state index is 13.8. The Hall–Kier alpha value is -4.39. The molecule has 4 aromatic rings. The largest absolute Gasteiger partial charge is 0.383 e. The minimum atomic E-state index is -0.317. The third-order valence-corrected chi connectivity index (χ3v) is 7.12. The number of aromatic nitrogens is 2. The Morgan fingerprint density at radius 2 is 2.00 bits per heavy atom. The number of benzene rings is 2. The van der Waals surface area contributed by atoms with E-state index in [-0.39, 0.29) is 11.9 Å². The van der Waals surface area contributed by atoms with Crippen LogP contribution >= 0.6 is 11.6 Å². The SMILES string of the molecule is N#Cc1cnc2c(Cl)cc(NC(C3=CN(C4CC4)NN3)c3ccc(F)cc3)cc2c1NCCc1ccccn1. The van der Waals surface area contributed by atoms with Crippen molar-refractivity contribution in [1.82, 2.24) is 25.9 Å². The number of nitriles is 1. The quantitative estimate of drug-likeness (QED) is 0.223. The summed E-state index contributed by atoms with van der Waals surface area (Å²) < 4.78 is 13.8. The summed E-state index contributed by atoms with van der Waals surface area (Å²) >= 11 is 6.72. The Balaban J connectivity index is 1.34. The van der Waals surface area contributed by atoms with Gasteiger partial charge in [-0.05, 0) is 54.8 Å². The first kappa shape index (κ1) is 24.9. The van der Waals surface area contributed by atoms with Gasteiger partial charge in [0.2, 0.25) is 0 Å². The smallest absolute Gasteiger partial charge is 0.123 e. The van der Waals surface area contributed by atoms with Gasteiger partial charge in [-0.3, -0.25) is 15.0 Å². The second kappa shape index (κ2) is 10.8. The third-order valence-electron chi connectivity index (χ3n) is 6.83. The number of nitrogens with one attached hydrogen (secondary N) is 4. The van der Waals surface area contributed by atoms with Crippen molar-refractivity contribution in [3.8, 4) is 6.07 Å². The summed E-state index contributed by atoms with van der Waals surface area (Å²) in [4.78, 5) is 8.84. The van der Waals surface area contributed by atoms with Crippen LogP contribution < -0.4 is 21.6 Å². The first-order valence-corrected chi connectivity index (χ1v) is 13.2. The second-order valence-electron chi connectivity index (χ2n) is 9.60. The van der Waals surface area contributed by atoms with Crippen molar-refractivity contribution in [3.63, 3.8) is 0 Å². The van der Waals surface area contributed by atoms with Crippen molar-refractivity contribution in [3.05, 3.63) is 107 Å². The molecule has 1 unspecified atom stereocenters. The number of fused-ring (bicyclic) bond motifs is 1. The van der Waals surface area contributed by atoms with Gasteiger partial charge in [-0.2, -0.15) is 5.26 Å². The molecule has 6 rings (SSSR count). The standard InChI is InChI=1S/C29H26ClFN8/c30-25-14-22(36-28(18-4-6-20(31)7-5-18)26-17-39(38-37-26)23-8-9-23)13-24-27(19(15-32)16-35-29(24)25)34-12-10-21-3-1-2-11-33-21/h1-7,11,13-14,16-17,23,28,36-38H,8-10,12H2,(H,34,35). The van der Waals surface area contributed by atoms with E-state index in [0.29, 0.717) is 40.8 Å². The Bertz CT molecular complexity index is 1560. The van der Waals surface area contributed by atoms with E-state index in [0.717, 1.165) is 40.9 Å². The van der Waals surface area contributed by atoms with E-state index in [1.807, 2.05) is 36.5 Å². The molecule has 0 saturated heterocycles. The highest BCUT2D eigenvalue weighted by Gasteiger charge is 2.32. The van der Waals surface area contributed by atoms with Crippen molar-refractivity contribution in [1.29, 1.82) is 5.26 Å². The first-order chi connectivity index (χ1) is 19.1. The lowest BCUT2D eigenvalue weighted by atomic mass is 10.0. The molecule has 2 aliphatic rings. The summed E-state index contributed by atoms with van der Waals surface area (Å²) in [6.45, 7) is 0.581. The number of anilines is 2. The van der Waals surface area contributed by atoms with Crippen LogP contribution in [-0.4, -0.2) is 27.6 Å². The summed E-state index contributed by atoms with van der Waals surface area (Å²) in [6, 6.07) is 18.4. The summed E-state index contributed by atoms with van der Waals surface area (Å²) in [5.41, 5.74) is 11.6. The zero-order chi connectivity index (χ0) is 26.8. The van der Waals surface area contributed by atoms with Crippen LogP contribution in [0.25, 0.3) is 10.9 Å². The molecule has 4 N–H and O–H groups in total. The molecule has 39 heavy (non-hydrogen) atoms. The highest BCUT2D eigenvalue weighted by Crippen LogP contribution is 2.36. The molecule has 10 heteroatoms. The highest BCUT2D eigenvalue weighted by molar-refractivity contribution is 6.35. The fourth-order valence-corrected chi connectivity index (χ4v) is 4.95. The second-order valence-corrected chi connectivity index (χ2v) is 10.0. The number of nitrogens with zero attached hydrogens (tertiary/aromatic N) is 4. The van der Waals surface area contributed by atoms with E-state index in [2.05, 4.69) is 42.6 Å². The van der Waals surface area contributed by atoms with Gasteiger partial charge < -0.3 is 16.1 Å². The van der Waals surface area contributed by atoms with Crippen LogP contribution in [0.1, 0.15) is 35.7 Å². The van der Waals surface area contributed by atoms with Crippen molar-refractivity contribution >= 4 is 33.9 Å². The molecule has 8 nitrogen and oxygen atoms in total. The summed E-state index contributed by atoms with van der Waals surface area (Å²) in [7, 11) is 0. The number of halogens is 2. The van der Waals surface area contributed by atoms with Gasteiger partial charge in [-0.15, -0.1) is 5.53 Å². The van der Waals surface area contributed by atoms with E-state index < -0.39 is 0 Å². The Morgan fingerprint density at radius 3 is 2.74 bits per heavy atom. The normalized spacial score (nSPS) is 15.4. The number of rotatable bonds is 9. The average Bonchev–Trinajstić information content (AvgIpc) is 3.69. The van der Waals surface area contributed by atoms with Gasteiger partial charge in [0.25, 0.3) is 0 Å². The van der Waals surface area contributed by atoms with Gasteiger partial charge in [-0.25, -0.2) is 4.39 Å². The van der Waals surface area contributed by atoms with E-state index in [9.17, 15) is 9.65 Å². The molecule has 1 aliphatic carbocycles. The predicted octanol–water partition coefficient (Wildman–Crippen LogP) is 5.43. The number of hydrogen-bond donors (Lipinski definition) is 4. The van der Waals surface area contributed by atoms with Crippen LogP contribution in [0.4, 0.5) is 15.8 Å². The van der Waals surface area contributed by atoms with Crippen molar-refractivity contribution in [2.75, 3.05) is 17.2 Å². The predicted molar refractivity (Wildman–Crippen MR) is 150 cm³/mol. The van der Waals surface area contributed by atoms with E-state index in [1.165, 1.54) is 18.3 Å². The van der Waals surface area contributed by atoms with Crippen LogP contribution in [0.2, 0.25) is 5.02 Å². The third kappa shape index (κ3) is 5.43. The van der Waals surface area contributed by atoms with Gasteiger partial charge in [0, 0.05) is 54.4 Å². The molecule has 196 valence electrons. The molecule has 1 saturated carbocycles. The summed E-state index contributed by atoms with van der Waals surface area (Å²) in [5.74, 6) is -0.297. The lowest BCUT2D eigenvalue weighted by Crippen LogP contribution is -2.38. The van der Waals surface area contributed by atoms with E-state index in [1.54, 1.807) is 18.3 Å². The molecule has 2 aromatic heterocycles. The molecule has 0 spiro atoms. The van der Waals surface area contributed by atoms with Gasteiger partial charge >= 0.3 is 0 Å². The molecule has 2 aromatic carbocycles. The molecular weight excluding hydrogens is 515 g/mol. The van der Waals surface area contributed by atoms with Crippen molar-refractivity contribution in [2.45, 2.75) is 31.3 Å². The fourth-order valence-electron chi connectivity index (χ4n) is 4.68. The Kier molecular flexibility index (Phi) is 6.88. The van der Waals surface area contributed by atoms with Crippen LogP contribution in [-0.2, 0) is 6.42 Å². The zero-order valence-corrected chi connectivity index (χ0v) is 21.7. The van der Waals surface area contributed by atoms with Gasteiger partial charge in [0.15, 0.2) is 0 Å². The average molecular weight is 541 g/mol. The van der Waals surface area contributed by atoms with Crippen LogP contribution in [0, 0.1) is 17.1 Å². The van der Waals surface area contributed by atoms with Gasteiger partial charge in [-0.1, -0.05) is 29.8 Å². The number of hydrazine groups is 2. The van der Waals surface area contributed by atoms with Crippen molar-refractivity contribution in [2.24, 2.45) is 0 Å². The molecule has 0 amide bonds. The lowest BCUT2D eigenvalue weighted by molar-refractivity contribution is 0.260. The van der Waals surface area contributed by atoms with Gasteiger partial charge in [0.05, 0.1) is 33.5 Å². The van der Waals surface area contributed by atoms with Gasteiger partial charge in [0.1, 0.15) is 11.9 Å². The van der Waals surface area contributed by atoms with E-state index in [4.69, 9.17) is 11.6 Å². The number of pyridine rings is 2. The molecule has 0 radical (unpaired) electrons. The fraction of sp³-hybridized carbons (Fsp3) is 0.207. The molecule has 3 heterocycles. The minimum Gasteiger partial charge on any atom is -0.383 e. The molecular formula is C29H26ClFN8. The summed E-state index contributed by atoms with van der Waals surface area (Å²) in [6.07, 6.45) is 8.31. The monoisotopic (exact) mass is 540 g/mol. The maximum Gasteiger partial charge on any atom is 0.123 e. The zero-order valence-electron chi connectivity index (χ0n) is 21.0. The van der Waals surface area contributed by atoms with Crippen LogP contribution in [0.5, 0.6) is 0 Å². The van der Waals surface area contributed by atoms with E-state index >= 15 is 0 Å². The highest BCUT2D eigenvalue weighted by atomic mass is 35.5. The molecule has 1 atom stereocenters. The minimum absolute atomic E-state index is 0.297. The topological polar surface area (TPSA) is 101 Å². The Labute approximate surface area is 230 Å². The van der Waals surface area contributed by atoms with Crippen molar-refractivity contribution < 1.29 is 4.39 Å². The maximum atomic E-state index is 13.8. The molecule has 1 aliphatic heterocycles.